The third-order valence-electron chi connectivity index (χ3n) is 4.73. The van der Waals surface area contributed by atoms with Crippen LogP contribution < -0.4 is 5.73 Å². The minimum absolute atomic E-state index is 0.359. The van der Waals surface area contributed by atoms with Crippen molar-refractivity contribution in [1.82, 2.24) is 4.57 Å². The molecular formula is C21H17N3. The highest BCUT2D eigenvalue weighted by molar-refractivity contribution is 5.99. The molecule has 4 rings (SSSR count). The molecule has 0 aliphatic carbocycles. The van der Waals surface area contributed by atoms with Crippen LogP contribution in [0.1, 0.15) is 11.3 Å². The van der Waals surface area contributed by atoms with Crippen LogP contribution in [0.2, 0.25) is 0 Å². The Labute approximate surface area is 140 Å². The maximum absolute atomic E-state index is 9.47. The Hall–Kier alpha value is -3.09. The Balaban J connectivity index is 2.02. The van der Waals surface area contributed by atoms with Crippen molar-refractivity contribution in [1.29, 1.82) is 5.26 Å². The van der Waals surface area contributed by atoms with Gasteiger partial charge in [-0.15, -0.1) is 0 Å². The average Bonchev–Trinajstić information content (AvgIpc) is 2.92. The number of aromatic nitrogens is 1. The van der Waals surface area contributed by atoms with Crippen molar-refractivity contribution in [2.75, 3.05) is 0 Å². The number of benzene rings is 3. The van der Waals surface area contributed by atoms with Gasteiger partial charge in [-0.25, -0.2) is 0 Å². The van der Waals surface area contributed by atoms with E-state index in [1.807, 2.05) is 17.7 Å². The molecule has 0 saturated heterocycles. The van der Waals surface area contributed by atoms with E-state index in [0.717, 1.165) is 22.2 Å². The van der Waals surface area contributed by atoms with Crippen molar-refractivity contribution < 1.29 is 0 Å². The highest BCUT2D eigenvalue weighted by Crippen LogP contribution is 2.33. The summed E-state index contributed by atoms with van der Waals surface area (Å²) in [4.78, 5) is 0. The van der Waals surface area contributed by atoms with Crippen molar-refractivity contribution in [3.05, 3.63) is 71.9 Å². The number of rotatable bonds is 2. The van der Waals surface area contributed by atoms with E-state index in [1.165, 1.54) is 16.3 Å². The van der Waals surface area contributed by atoms with E-state index in [4.69, 9.17) is 5.73 Å². The fourth-order valence-corrected chi connectivity index (χ4v) is 3.50. The molecule has 116 valence electrons. The molecule has 0 amide bonds. The molecule has 0 fully saturated rings. The summed E-state index contributed by atoms with van der Waals surface area (Å²) < 4.78 is 2.03. The minimum atomic E-state index is 0.359. The summed E-state index contributed by atoms with van der Waals surface area (Å²) in [6.07, 6.45) is 0. The molecule has 3 nitrogen and oxygen atoms in total. The molecule has 1 aromatic heterocycles. The fourth-order valence-electron chi connectivity index (χ4n) is 3.50. The van der Waals surface area contributed by atoms with Crippen LogP contribution in [0.15, 0.2) is 60.7 Å². The first-order valence-electron chi connectivity index (χ1n) is 7.94. The van der Waals surface area contributed by atoms with Gasteiger partial charge in [0.05, 0.1) is 11.3 Å². The molecule has 0 bridgehead atoms. The molecule has 0 aliphatic heterocycles. The SMILES string of the molecule is Cn1c(CN)c(C#N)c2ccc(-c3cccc4ccccc34)cc21. The van der Waals surface area contributed by atoms with E-state index in [-0.39, 0.29) is 0 Å². The summed E-state index contributed by atoms with van der Waals surface area (Å²) >= 11 is 0. The van der Waals surface area contributed by atoms with Crippen LogP contribution in [0.4, 0.5) is 0 Å². The molecule has 0 aliphatic rings. The number of nitrogens with two attached hydrogens (primary N) is 1. The molecular weight excluding hydrogens is 294 g/mol. The van der Waals surface area contributed by atoms with Crippen molar-refractivity contribution >= 4 is 21.7 Å². The second-order valence-electron chi connectivity index (χ2n) is 5.96. The van der Waals surface area contributed by atoms with E-state index in [9.17, 15) is 5.26 Å². The Bertz CT molecular complexity index is 1110. The highest BCUT2D eigenvalue weighted by atomic mass is 15.0. The van der Waals surface area contributed by atoms with Gasteiger partial charge >= 0.3 is 0 Å². The Kier molecular flexibility index (Phi) is 3.34. The first-order chi connectivity index (χ1) is 11.7. The van der Waals surface area contributed by atoms with Crippen LogP contribution in [0.25, 0.3) is 32.8 Å². The van der Waals surface area contributed by atoms with E-state index < -0.39 is 0 Å². The topological polar surface area (TPSA) is 54.7 Å². The lowest BCUT2D eigenvalue weighted by atomic mass is 9.97. The van der Waals surface area contributed by atoms with E-state index in [0.29, 0.717) is 12.1 Å². The van der Waals surface area contributed by atoms with Crippen LogP contribution in [-0.2, 0) is 13.6 Å². The molecule has 3 aromatic carbocycles. The summed E-state index contributed by atoms with van der Waals surface area (Å²) in [7, 11) is 1.97. The summed E-state index contributed by atoms with van der Waals surface area (Å²) in [5.41, 5.74) is 10.8. The van der Waals surface area contributed by atoms with Crippen molar-refractivity contribution in [2.24, 2.45) is 12.8 Å². The second kappa shape index (κ2) is 5.52. The van der Waals surface area contributed by atoms with Gasteiger partial charge in [0.25, 0.3) is 0 Å². The van der Waals surface area contributed by atoms with E-state index >= 15 is 0 Å². The van der Waals surface area contributed by atoms with Gasteiger partial charge in [0.1, 0.15) is 6.07 Å². The van der Waals surface area contributed by atoms with Gasteiger partial charge < -0.3 is 10.3 Å². The van der Waals surface area contributed by atoms with Gasteiger partial charge in [-0.2, -0.15) is 5.26 Å². The Morgan fingerprint density at radius 2 is 1.79 bits per heavy atom. The van der Waals surface area contributed by atoms with Gasteiger partial charge in [-0.05, 0) is 28.0 Å². The molecule has 2 N–H and O–H groups in total. The molecule has 0 radical (unpaired) electrons. The predicted molar refractivity (Wildman–Crippen MR) is 98.5 cm³/mol. The molecule has 1 heterocycles. The monoisotopic (exact) mass is 311 g/mol. The number of aryl methyl sites for hydroxylation is 1. The molecule has 3 heteroatoms. The van der Waals surface area contributed by atoms with Crippen molar-refractivity contribution in [3.63, 3.8) is 0 Å². The maximum atomic E-state index is 9.47. The number of nitrogens with zero attached hydrogens (tertiary/aromatic N) is 2. The Morgan fingerprint density at radius 3 is 2.58 bits per heavy atom. The van der Waals surface area contributed by atoms with Crippen LogP contribution in [0.5, 0.6) is 0 Å². The quantitative estimate of drug-likeness (QED) is 0.599. The van der Waals surface area contributed by atoms with Crippen molar-refractivity contribution in [2.45, 2.75) is 6.54 Å². The summed E-state index contributed by atoms with van der Waals surface area (Å²) in [6.45, 7) is 0.359. The first-order valence-corrected chi connectivity index (χ1v) is 7.94. The standard InChI is InChI=1S/C21H17N3/c1-24-20-11-15(9-10-18(20)19(12-22)21(24)13-23)17-8-4-6-14-5-2-3-7-16(14)17/h2-11H,13,23H2,1H3. The normalized spacial score (nSPS) is 11.0. The third-order valence-corrected chi connectivity index (χ3v) is 4.73. The number of nitriles is 1. The lowest BCUT2D eigenvalue weighted by Gasteiger charge is -2.08. The summed E-state index contributed by atoms with van der Waals surface area (Å²) in [5.74, 6) is 0. The smallest absolute Gasteiger partial charge is 0.102 e. The highest BCUT2D eigenvalue weighted by Gasteiger charge is 2.14. The molecule has 0 atom stereocenters. The fraction of sp³-hybridized carbons (Fsp3) is 0.0952. The van der Waals surface area contributed by atoms with Crippen LogP contribution in [0.3, 0.4) is 0 Å². The summed E-state index contributed by atoms with van der Waals surface area (Å²) in [6, 6.07) is 23.3. The largest absolute Gasteiger partial charge is 0.345 e. The zero-order valence-electron chi connectivity index (χ0n) is 13.5. The van der Waals surface area contributed by atoms with Gasteiger partial charge in [0.2, 0.25) is 0 Å². The number of fused-ring (bicyclic) bond motifs is 2. The zero-order chi connectivity index (χ0) is 16.7. The van der Waals surface area contributed by atoms with Gasteiger partial charge in [0.15, 0.2) is 0 Å². The molecule has 0 spiro atoms. The van der Waals surface area contributed by atoms with Crippen LogP contribution >= 0.6 is 0 Å². The number of hydrogen-bond acceptors (Lipinski definition) is 2. The Morgan fingerprint density at radius 1 is 1.00 bits per heavy atom. The predicted octanol–water partition coefficient (Wildman–Crippen LogP) is 4.33. The van der Waals surface area contributed by atoms with Crippen LogP contribution in [0, 0.1) is 11.3 Å². The zero-order valence-corrected chi connectivity index (χ0v) is 13.5. The molecule has 0 saturated carbocycles. The van der Waals surface area contributed by atoms with E-state index in [1.54, 1.807) is 0 Å². The molecule has 24 heavy (non-hydrogen) atoms. The summed E-state index contributed by atoms with van der Waals surface area (Å²) in [5, 5.41) is 12.9. The molecule has 0 unspecified atom stereocenters. The maximum Gasteiger partial charge on any atom is 0.102 e. The van der Waals surface area contributed by atoms with Gasteiger partial charge in [-0.1, -0.05) is 54.6 Å². The van der Waals surface area contributed by atoms with Crippen molar-refractivity contribution in [3.8, 4) is 17.2 Å². The average molecular weight is 311 g/mol. The number of hydrogen-bond donors (Lipinski definition) is 1. The second-order valence-corrected chi connectivity index (χ2v) is 5.96. The minimum Gasteiger partial charge on any atom is -0.345 e. The lowest BCUT2D eigenvalue weighted by molar-refractivity contribution is 0.846. The van der Waals surface area contributed by atoms with Gasteiger partial charge in [-0.3, -0.25) is 0 Å². The van der Waals surface area contributed by atoms with Gasteiger partial charge in [0, 0.05) is 24.5 Å². The molecule has 4 aromatic rings. The third kappa shape index (κ3) is 2.01. The van der Waals surface area contributed by atoms with E-state index in [2.05, 4.69) is 60.7 Å². The lowest BCUT2D eigenvalue weighted by Crippen LogP contribution is -2.04. The first kappa shape index (κ1) is 14.5. The van der Waals surface area contributed by atoms with Crippen LogP contribution in [-0.4, -0.2) is 4.57 Å².